The fraction of sp³-hybridized carbons (Fsp3) is 0.273. The van der Waals surface area contributed by atoms with Gasteiger partial charge in [-0.25, -0.2) is 0 Å². The van der Waals surface area contributed by atoms with Crippen LogP contribution in [0.2, 0.25) is 0 Å². The van der Waals surface area contributed by atoms with Gasteiger partial charge in [0, 0.05) is 0 Å². The third-order valence-electron chi connectivity index (χ3n) is 1.74. The summed E-state index contributed by atoms with van der Waals surface area (Å²) in [4.78, 5) is 0. The zero-order valence-electron chi connectivity index (χ0n) is 7.43. The second-order valence-corrected chi connectivity index (χ2v) is 2.87. The zero-order valence-corrected chi connectivity index (χ0v) is 7.43. The van der Waals surface area contributed by atoms with Crippen molar-refractivity contribution in [1.29, 1.82) is 0 Å². The molecule has 0 bridgehead atoms. The minimum absolute atomic E-state index is 0.217. The molecule has 2 N–H and O–H groups in total. The maximum Gasteiger partial charge on any atom is 0.0951 e. The van der Waals surface area contributed by atoms with E-state index in [0.717, 1.165) is 6.42 Å². The van der Waals surface area contributed by atoms with Gasteiger partial charge in [0.25, 0.3) is 0 Å². The molecule has 2 heteroatoms. The van der Waals surface area contributed by atoms with Gasteiger partial charge in [-0.15, -0.1) is 0 Å². The fourth-order valence-corrected chi connectivity index (χ4v) is 1.04. The van der Waals surface area contributed by atoms with E-state index in [9.17, 15) is 0 Å². The number of aliphatic hydroxyl groups excluding tert-OH is 2. The van der Waals surface area contributed by atoms with Crippen molar-refractivity contribution in [1.82, 2.24) is 0 Å². The highest BCUT2D eigenvalue weighted by Gasteiger charge is 1.93. The van der Waals surface area contributed by atoms with Crippen LogP contribution in [0.4, 0.5) is 0 Å². The van der Waals surface area contributed by atoms with Crippen molar-refractivity contribution in [2.45, 2.75) is 12.5 Å². The molecule has 0 fully saturated rings. The lowest BCUT2D eigenvalue weighted by atomic mass is 10.1. The van der Waals surface area contributed by atoms with Crippen molar-refractivity contribution >= 4 is 0 Å². The van der Waals surface area contributed by atoms with Gasteiger partial charge in [-0.3, -0.25) is 0 Å². The average Bonchev–Trinajstić information content (AvgIpc) is 2.19. The summed E-state index contributed by atoms with van der Waals surface area (Å²) in [6.07, 6.45) is 3.52. The predicted molar refractivity (Wildman–Crippen MR) is 52.4 cm³/mol. The van der Waals surface area contributed by atoms with Crippen molar-refractivity contribution < 1.29 is 10.2 Å². The molecule has 1 rings (SSSR count). The summed E-state index contributed by atoms with van der Waals surface area (Å²) >= 11 is 0. The lowest BCUT2D eigenvalue weighted by Gasteiger charge is -1.98. The molecule has 1 aromatic carbocycles. The predicted octanol–water partition coefficient (Wildman–Crippen LogP) is 1.14. The van der Waals surface area contributed by atoms with Crippen LogP contribution >= 0.6 is 0 Å². The summed E-state index contributed by atoms with van der Waals surface area (Å²) in [6.45, 7) is -0.217. The molecule has 13 heavy (non-hydrogen) atoms. The Bertz CT molecular complexity index is 254. The molecule has 0 aliphatic carbocycles. The van der Waals surface area contributed by atoms with Crippen LogP contribution in [0.5, 0.6) is 0 Å². The summed E-state index contributed by atoms with van der Waals surface area (Å²) in [7, 11) is 0. The van der Waals surface area contributed by atoms with Crippen LogP contribution in [0.1, 0.15) is 5.56 Å². The normalized spacial score (nSPS) is 13.4. The maximum absolute atomic E-state index is 9.00. The molecule has 0 aliphatic heterocycles. The Morgan fingerprint density at radius 1 is 1.23 bits per heavy atom. The van der Waals surface area contributed by atoms with Crippen molar-refractivity contribution in [3.8, 4) is 0 Å². The zero-order chi connectivity index (χ0) is 9.52. The van der Waals surface area contributed by atoms with Crippen LogP contribution in [0.3, 0.4) is 0 Å². The van der Waals surface area contributed by atoms with Crippen molar-refractivity contribution in [3.63, 3.8) is 0 Å². The summed E-state index contributed by atoms with van der Waals surface area (Å²) < 4.78 is 0. The van der Waals surface area contributed by atoms with Gasteiger partial charge in [0.15, 0.2) is 0 Å². The van der Waals surface area contributed by atoms with E-state index >= 15 is 0 Å². The molecule has 0 heterocycles. The van der Waals surface area contributed by atoms with Crippen molar-refractivity contribution in [2.75, 3.05) is 6.61 Å². The Morgan fingerprint density at radius 2 is 1.92 bits per heavy atom. The third kappa shape index (κ3) is 3.87. The lowest BCUT2D eigenvalue weighted by Crippen LogP contribution is -2.07. The van der Waals surface area contributed by atoms with Crippen LogP contribution in [0, 0.1) is 0 Å². The number of hydrogen-bond donors (Lipinski definition) is 2. The molecule has 2 nitrogen and oxygen atoms in total. The first kappa shape index (κ1) is 9.96. The van der Waals surface area contributed by atoms with E-state index in [1.54, 1.807) is 6.08 Å². The molecule has 0 radical (unpaired) electrons. The quantitative estimate of drug-likeness (QED) is 0.679. The molecule has 0 spiro atoms. The molecule has 1 atom stereocenters. The molecule has 0 saturated heterocycles. The standard InChI is InChI=1S/C11H14O2/c12-9-11(13)8-4-7-10-5-2-1-3-6-10/h1-6,8,11-13H,7,9H2/b8-4+. The first-order valence-electron chi connectivity index (χ1n) is 4.32. The highest BCUT2D eigenvalue weighted by Crippen LogP contribution is 2.00. The van der Waals surface area contributed by atoms with Gasteiger partial charge in [0.2, 0.25) is 0 Å². The van der Waals surface area contributed by atoms with Crippen LogP contribution in [-0.2, 0) is 6.42 Å². The summed E-state index contributed by atoms with van der Waals surface area (Å²) in [5, 5.41) is 17.5. The van der Waals surface area contributed by atoms with Crippen LogP contribution in [0.15, 0.2) is 42.5 Å². The SMILES string of the molecule is OCC(O)/C=C/Cc1ccccc1. The summed E-state index contributed by atoms with van der Waals surface area (Å²) in [5.41, 5.74) is 1.20. The Morgan fingerprint density at radius 3 is 2.54 bits per heavy atom. The highest BCUT2D eigenvalue weighted by atomic mass is 16.3. The molecule has 0 amide bonds. The van der Waals surface area contributed by atoms with E-state index in [-0.39, 0.29) is 6.61 Å². The van der Waals surface area contributed by atoms with Crippen LogP contribution in [0.25, 0.3) is 0 Å². The second-order valence-electron chi connectivity index (χ2n) is 2.87. The number of allylic oxidation sites excluding steroid dienone is 1. The summed E-state index contributed by atoms with van der Waals surface area (Å²) in [6, 6.07) is 9.97. The van der Waals surface area contributed by atoms with Gasteiger partial charge in [-0.2, -0.15) is 0 Å². The molecular formula is C11H14O2. The molecule has 1 unspecified atom stereocenters. The maximum atomic E-state index is 9.00. The molecule has 1 aromatic rings. The monoisotopic (exact) mass is 178 g/mol. The number of benzene rings is 1. The molecule has 0 saturated carbocycles. The third-order valence-corrected chi connectivity index (χ3v) is 1.74. The van der Waals surface area contributed by atoms with E-state index in [1.807, 2.05) is 36.4 Å². The molecule has 0 aliphatic rings. The van der Waals surface area contributed by atoms with E-state index in [1.165, 1.54) is 5.56 Å². The van der Waals surface area contributed by atoms with E-state index in [4.69, 9.17) is 10.2 Å². The number of rotatable bonds is 4. The minimum atomic E-state index is -0.733. The summed E-state index contributed by atoms with van der Waals surface area (Å²) in [5.74, 6) is 0. The molecule has 0 aromatic heterocycles. The Hall–Kier alpha value is -1.12. The smallest absolute Gasteiger partial charge is 0.0951 e. The van der Waals surface area contributed by atoms with Gasteiger partial charge in [0.1, 0.15) is 0 Å². The van der Waals surface area contributed by atoms with Crippen LogP contribution in [-0.4, -0.2) is 22.9 Å². The highest BCUT2D eigenvalue weighted by molar-refractivity contribution is 5.17. The first-order chi connectivity index (χ1) is 6.33. The van der Waals surface area contributed by atoms with Crippen LogP contribution < -0.4 is 0 Å². The Labute approximate surface area is 78.2 Å². The molecule has 70 valence electrons. The van der Waals surface area contributed by atoms with Crippen molar-refractivity contribution in [2.24, 2.45) is 0 Å². The minimum Gasteiger partial charge on any atom is -0.393 e. The lowest BCUT2D eigenvalue weighted by molar-refractivity contribution is 0.131. The Balaban J connectivity index is 2.39. The van der Waals surface area contributed by atoms with E-state index < -0.39 is 6.10 Å². The Kier molecular flexibility index (Phi) is 4.23. The largest absolute Gasteiger partial charge is 0.393 e. The molecular weight excluding hydrogens is 164 g/mol. The van der Waals surface area contributed by atoms with Gasteiger partial charge in [0.05, 0.1) is 12.7 Å². The fourth-order valence-electron chi connectivity index (χ4n) is 1.04. The van der Waals surface area contributed by atoms with E-state index in [2.05, 4.69) is 0 Å². The number of hydrogen-bond acceptors (Lipinski definition) is 2. The topological polar surface area (TPSA) is 40.5 Å². The van der Waals surface area contributed by atoms with Crippen molar-refractivity contribution in [3.05, 3.63) is 48.0 Å². The van der Waals surface area contributed by atoms with Gasteiger partial charge in [-0.05, 0) is 12.0 Å². The number of aliphatic hydroxyl groups is 2. The second kappa shape index (κ2) is 5.51. The van der Waals surface area contributed by atoms with Gasteiger partial charge < -0.3 is 10.2 Å². The van der Waals surface area contributed by atoms with Gasteiger partial charge in [-0.1, -0.05) is 42.5 Å². The van der Waals surface area contributed by atoms with E-state index in [0.29, 0.717) is 0 Å². The average molecular weight is 178 g/mol. The first-order valence-corrected chi connectivity index (χ1v) is 4.32. The van der Waals surface area contributed by atoms with Gasteiger partial charge >= 0.3 is 0 Å².